The highest BCUT2D eigenvalue weighted by Crippen LogP contribution is 2.36. The molecule has 0 atom stereocenters. The Labute approximate surface area is 173 Å². The van der Waals surface area contributed by atoms with E-state index in [0.717, 1.165) is 34.4 Å². The summed E-state index contributed by atoms with van der Waals surface area (Å²) in [5, 5.41) is 5.02. The number of benzene rings is 1. The van der Waals surface area contributed by atoms with Crippen molar-refractivity contribution in [2.24, 2.45) is 0 Å². The average Bonchev–Trinajstić information content (AvgIpc) is 3.04. The lowest BCUT2D eigenvalue weighted by atomic mass is 10.1. The molecule has 1 N–H and O–H groups in total. The van der Waals surface area contributed by atoms with Crippen LogP contribution in [0.25, 0.3) is 10.2 Å². The molecule has 0 saturated heterocycles. The van der Waals surface area contributed by atoms with Gasteiger partial charge in [0.05, 0.1) is 4.88 Å². The highest BCUT2D eigenvalue weighted by atomic mass is 35.5. The van der Waals surface area contributed by atoms with Crippen molar-refractivity contribution in [1.82, 2.24) is 4.98 Å². The topological polar surface area (TPSA) is 54.5 Å². The number of hydrogen-bond donors (Lipinski definition) is 1. The molecule has 0 fully saturated rings. The van der Waals surface area contributed by atoms with Gasteiger partial charge in [-0.05, 0) is 49.2 Å². The number of carbonyl (C=O) groups is 1. The molecule has 1 amide bonds. The summed E-state index contributed by atoms with van der Waals surface area (Å²) in [5.74, 6) is -0.136. The third-order valence-electron chi connectivity index (χ3n) is 4.37. The lowest BCUT2D eigenvalue weighted by molar-refractivity contribution is 0.100. The number of anilines is 2. The summed E-state index contributed by atoms with van der Waals surface area (Å²) >= 11 is 7.35. The number of nitrogens with one attached hydrogen (secondary N) is 1. The van der Waals surface area contributed by atoms with Gasteiger partial charge >= 0.3 is 0 Å². The lowest BCUT2D eigenvalue weighted by Crippen LogP contribution is -2.24. The Morgan fingerprint density at radius 1 is 1.36 bits per heavy atom. The summed E-state index contributed by atoms with van der Waals surface area (Å²) in [6.45, 7) is 7.24. The van der Waals surface area contributed by atoms with Crippen LogP contribution < -0.4 is 10.2 Å². The van der Waals surface area contributed by atoms with Gasteiger partial charge in [0.25, 0.3) is 5.91 Å². The van der Waals surface area contributed by atoms with E-state index in [9.17, 15) is 4.79 Å². The molecule has 0 aliphatic carbocycles. The Kier molecular flexibility index (Phi) is 6.67. The first-order valence-electron chi connectivity index (χ1n) is 8.89. The molecule has 0 unspecified atom stereocenters. The van der Waals surface area contributed by atoms with Crippen molar-refractivity contribution in [3.8, 4) is 0 Å². The van der Waals surface area contributed by atoms with Crippen LogP contribution in [-0.4, -0.2) is 31.2 Å². The zero-order chi connectivity index (χ0) is 20.1. The zero-order valence-corrected chi connectivity index (χ0v) is 17.4. The molecule has 28 heavy (non-hydrogen) atoms. The van der Waals surface area contributed by atoms with E-state index in [1.807, 2.05) is 13.0 Å². The fraction of sp³-hybridized carbons (Fsp3) is 0.238. The zero-order valence-electron chi connectivity index (χ0n) is 15.9. The van der Waals surface area contributed by atoms with Crippen molar-refractivity contribution in [1.29, 1.82) is 0 Å². The predicted octanol–water partition coefficient (Wildman–Crippen LogP) is 5.50. The number of ether oxygens (including phenoxy) is 1. The van der Waals surface area contributed by atoms with Crippen LogP contribution in [0.1, 0.15) is 21.7 Å². The molecule has 0 spiro atoms. The van der Waals surface area contributed by atoms with Gasteiger partial charge in [0.2, 0.25) is 0 Å². The van der Waals surface area contributed by atoms with Crippen LogP contribution in [0.5, 0.6) is 0 Å². The number of nitrogens with zero attached hydrogens (tertiary/aromatic N) is 2. The van der Waals surface area contributed by atoms with E-state index in [1.165, 1.54) is 22.4 Å². The Hall–Kier alpha value is -2.41. The van der Waals surface area contributed by atoms with Crippen LogP contribution >= 0.6 is 22.9 Å². The molecule has 3 rings (SSSR count). The molecular formula is C21H22ClN3O2S. The van der Waals surface area contributed by atoms with E-state index < -0.39 is 0 Å². The van der Waals surface area contributed by atoms with Crippen molar-refractivity contribution in [3.63, 3.8) is 0 Å². The summed E-state index contributed by atoms with van der Waals surface area (Å²) < 4.78 is 5.10. The molecular weight excluding hydrogens is 394 g/mol. The number of methoxy groups -OCH3 is 1. The van der Waals surface area contributed by atoms with Crippen LogP contribution in [0.4, 0.5) is 11.4 Å². The van der Waals surface area contributed by atoms with Gasteiger partial charge in [-0.15, -0.1) is 11.3 Å². The number of amides is 1. The first kappa shape index (κ1) is 20.3. The molecule has 0 aliphatic rings. The number of thiophene rings is 1. The fourth-order valence-corrected chi connectivity index (χ4v) is 4.22. The second-order valence-electron chi connectivity index (χ2n) is 6.20. The van der Waals surface area contributed by atoms with Gasteiger partial charge in [-0.1, -0.05) is 18.2 Å². The molecule has 5 nitrogen and oxygen atoms in total. The van der Waals surface area contributed by atoms with Crippen molar-refractivity contribution < 1.29 is 9.53 Å². The maximum Gasteiger partial charge on any atom is 0.272 e. The van der Waals surface area contributed by atoms with Crippen molar-refractivity contribution in [2.75, 3.05) is 30.5 Å². The standard InChI is InChI=1S/C21H22ClN3O2S/c1-4-25(16-8-6-15(22)7-9-16)21(26)19-14(2)18-17(23-11-5-13-27-3)10-12-24-20(18)28-19/h4,6-10,12H,1,5,11,13H2,2-3H3,(H,23,24). The summed E-state index contributed by atoms with van der Waals surface area (Å²) in [4.78, 5) is 20.7. The summed E-state index contributed by atoms with van der Waals surface area (Å²) in [6, 6.07) is 9.04. The monoisotopic (exact) mass is 415 g/mol. The fourth-order valence-electron chi connectivity index (χ4n) is 2.98. The molecule has 3 aromatic rings. The van der Waals surface area contributed by atoms with Crippen LogP contribution in [0, 0.1) is 6.92 Å². The SMILES string of the molecule is C=CN(C(=O)c1sc2nccc(NCCCOC)c2c1C)c1ccc(Cl)cc1. The Balaban J connectivity index is 1.94. The van der Waals surface area contributed by atoms with E-state index in [1.54, 1.807) is 37.6 Å². The van der Waals surface area contributed by atoms with Gasteiger partial charge in [0.15, 0.2) is 0 Å². The summed E-state index contributed by atoms with van der Waals surface area (Å²) in [7, 11) is 1.69. The van der Waals surface area contributed by atoms with Crippen molar-refractivity contribution in [2.45, 2.75) is 13.3 Å². The minimum Gasteiger partial charge on any atom is -0.385 e. The maximum atomic E-state index is 13.2. The lowest BCUT2D eigenvalue weighted by Gasteiger charge is -2.18. The smallest absolute Gasteiger partial charge is 0.272 e. The van der Waals surface area contributed by atoms with E-state index in [2.05, 4.69) is 16.9 Å². The van der Waals surface area contributed by atoms with Gasteiger partial charge < -0.3 is 10.1 Å². The van der Waals surface area contributed by atoms with E-state index in [0.29, 0.717) is 22.2 Å². The average molecular weight is 416 g/mol. The summed E-state index contributed by atoms with van der Waals surface area (Å²) in [6.07, 6.45) is 4.18. The quantitative estimate of drug-likeness (QED) is 0.494. The first-order valence-corrected chi connectivity index (χ1v) is 10.1. The number of pyridine rings is 1. The second-order valence-corrected chi connectivity index (χ2v) is 7.64. The first-order chi connectivity index (χ1) is 13.6. The highest BCUT2D eigenvalue weighted by molar-refractivity contribution is 7.20. The van der Waals surface area contributed by atoms with Crippen LogP contribution in [0.15, 0.2) is 49.3 Å². The second kappa shape index (κ2) is 9.19. The van der Waals surface area contributed by atoms with Gasteiger partial charge in [-0.25, -0.2) is 4.98 Å². The Morgan fingerprint density at radius 3 is 2.79 bits per heavy atom. The van der Waals surface area contributed by atoms with Gasteiger partial charge in [-0.3, -0.25) is 9.69 Å². The Bertz CT molecular complexity index is 985. The minimum atomic E-state index is -0.136. The molecule has 2 heterocycles. The molecule has 7 heteroatoms. The maximum absolute atomic E-state index is 13.2. The third kappa shape index (κ3) is 4.19. The highest BCUT2D eigenvalue weighted by Gasteiger charge is 2.23. The predicted molar refractivity (Wildman–Crippen MR) is 118 cm³/mol. The van der Waals surface area contributed by atoms with Crippen molar-refractivity contribution >= 4 is 50.4 Å². The van der Waals surface area contributed by atoms with Crippen LogP contribution in [-0.2, 0) is 4.74 Å². The number of halogens is 1. The number of hydrogen-bond acceptors (Lipinski definition) is 5. The number of fused-ring (bicyclic) bond motifs is 1. The molecule has 146 valence electrons. The largest absolute Gasteiger partial charge is 0.385 e. The molecule has 0 aliphatic heterocycles. The van der Waals surface area contributed by atoms with E-state index >= 15 is 0 Å². The number of rotatable bonds is 8. The van der Waals surface area contributed by atoms with E-state index in [-0.39, 0.29) is 5.91 Å². The number of aromatic nitrogens is 1. The minimum absolute atomic E-state index is 0.136. The third-order valence-corrected chi connectivity index (χ3v) is 5.81. The number of aryl methyl sites for hydroxylation is 1. The van der Waals surface area contributed by atoms with Crippen LogP contribution in [0.3, 0.4) is 0 Å². The number of carbonyl (C=O) groups excluding carboxylic acids is 1. The molecule has 1 aromatic carbocycles. The molecule has 0 bridgehead atoms. The summed E-state index contributed by atoms with van der Waals surface area (Å²) in [5.41, 5.74) is 2.60. The van der Waals surface area contributed by atoms with Crippen molar-refractivity contribution in [3.05, 3.63) is 64.8 Å². The van der Waals surface area contributed by atoms with Crippen LogP contribution in [0.2, 0.25) is 5.02 Å². The Morgan fingerprint density at radius 2 is 2.11 bits per heavy atom. The van der Waals surface area contributed by atoms with Gasteiger partial charge in [0, 0.05) is 54.4 Å². The normalized spacial score (nSPS) is 10.8. The van der Waals surface area contributed by atoms with E-state index in [4.69, 9.17) is 16.3 Å². The molecule has 2 aromatic heterocycles. The molecule has 0 saturated carbocycles. The molecule has 0 radical (unpaired) electrons. The van der Waals surface area contributed by atoms with Gasteiger partial charge in [0.1, 0.15) is 4.83 Å². The van der Waals surface area contributed by atoms with Gasteiger partial charge in [-0.2, -0.15) is 0 Å².